The molecule has 0 aromatic rings. The topological polar surface area (TPSA) is 26.3 Å². The lowest BCUT2D eigenvalue weighted by Gasteiger charge is -2.20. The maximum atomic E-state index is 11.0. The molecular formula is C9H18O2. The lowest BCUT2D eigenvalue weighted by Crippen LogP contribution is -2.17. The molecule has 0 fully saturated rings. The number of hydrogen-bond donors (Lipinski definition) is 0. The Morgan fingerprint density at radius 3 is 2.27 bits per heavy atom. The highest BCUT2D eigenvalue weighted by Crippen LogP contribution is 2.24. The fraction of sp³-hybridized carbons (Fsp3) is 0.889. The minimum atomic E-state index is -0.0839. The number of esters is 1. The molecule has 0 radical (unpaired) electrons. The van der Waals surface area contributed by atoms with Gasteiger partial charge in [-0.05, 0) is 12.3 Å². The van der Waals surface area contributed by atoms with Crippen LogP contribution >= 0.6 is 0 Å². The molecule has 0 rings (SSSR count). The van der Waals surface area contributed by atoms with Crippen molar-refractivity contribution in [2.45, 2.75) is 40.5 Å². The minimum Gasteiger partial charge on any atom is -0.466 e. The van der Waals surface area contributed by atoms with Gasteiger partial charge in [0.2, 0.25) is 0 Å². The van der Waals surface area contributed by atoms with Crippen molar-refractivity contribution in [3.63, 3.8) is 0 Å². The van der Waals surface area contributed by atoms with E-state index in [2.05, 4.69) is 20.8 Å². The van der Waals surface area contributed by atoms with Crippen LogP contribution in [0.15, 0.2) is 0 Å². The lowest BCUT2D eigenvalue weighted by atomic mass is 9.87. The van der Waals surface area contributed by atoms with E-state index in [1.54, 1.807) is 0 Å². The molecule has 2 heteroatoms. The predicted molar refractivity (Wildman–Crippen MR) is 45.3 cm³/mol. The molecule has 0 saturated heterocycles. The molecule has 0 amide bonds. The van der Waals surface area contributed by atoms with Crippen molar-refractivity contribution in [2.75, 3.05) is 6.61 Å². The number of carbonyl (C=O) groups is 1. The van der Waals surface area contributed by atoms with E-state index in [0.29, 0.717) is 13.0 Å². The molecule has 0 saturated carbocycles. The fourth-order valence-electron chi connectivity index (χ4n) is 0.728. The van der Waals surface area contributed by atoms with E-state index in [9.17, 15) is 4.79 Å². The van der Waals surface area contributed by atoms with Crippen LogP contribution in [0.3, 0.4) is 0 Å². The van der Waals surface area contributed by atoms with Crippen molar-refractivity contribution >= 4 is 5.97 Å². The average Bonchev–Trinajstić information content (AvgIpc) is 1.87. The van der Waals surface area contributed by atoms with Gasteiger partial charge >= 0.3 is 5.97 Å². The molecule has 0 aromatic carbocycles. The number of ether oxygens (including phenoxy) is 1. The Hall–Kier alpha value is -0.530. The molecule has 0 aliphatic carbocycles. The molecule has 0 spiro atoms. The third-order valence-corrected chi connectivity index (χ3v) is 1.89. The normalized spacial score (nSPS) is 11.3. The summed E-state index contributed by atoms with van der Waals surface area (Å²) in [4.78, 5) is 11.0. The van der Waals surface area contributed by atoms with Crippen molar-refractivity contribution in [1.29, 1.82) is 0 Å². The van der Waals surface area contributed by atoms with Gasteiger partial charge in [-0.2, -0.15) is 0 Å². The molecule has 0 aliphatic heterocycles. The van der Waals surface area contributed by atoms with Gasteiger partial charge in [0.05, 0.1) is 13.0 Å². The largest absolute Gasteiger partial charge is 0.466 e. The number of hydrogen-bond acceptors (Lipinski definition) is 2. The summed E-state index contributed by atoms with van der Waals surface area (Å²) in [7, 11) is 0. The zero-order valence-electron chi connectivity index (χ0n) is 7.94. The van der Waals surface area contributed by atoms with Crippen LogP contribution < -0.4 is 0 Å². The molecule has 0 N–H and O–H groups in total. The third-order valence-electron chi connectivity index (χ3n) is 1.89. The molecule has 0 atom stereocenters. The van der Waals surface area contributed by atoms with Crippen LogP contribution in [-0.2, 0) is 9.53 Å². The standard InChI is InChI=1S/C9H18O2/c1-5-9(3,4)7-8(10)11-6-2/h5-7H2,1-4H3. The highest BCUT2D eigenvalue weighted by atomic mass is 16.5. The molecule has 0 aliphatic rings. The first-order chi connectivity index (χ1) is 5.02. The van der Waals surface area contributed by atoms with Crippen LogP contribution in [-0.4, -0.2) is 12.6 Å². The van der Waals surface area contributed by atoms with Crippen LogP contribution in [0.25, 0.3) is 0 Å². The van der Waals surface area contributed by atoms with Gasteiger partial charge in [-0.25, -0.2) is 0 Å². The smallest absolute Gasteiger partial charge is 0.306 e. The van der Waals surface area contributed by atoms with Crippen LogP contribution in [0, 0.1) is 5.41 Å². The van der Waals surface area contributed by atoms with E-state index >= 15 is 0 Å². The first-order valence-corrected chi connectivity index (χ1v) is 4.17. The zero-order valence-corrected chi connectivity index (χ0v) is 7.94. The van der Waals surface area contributed by atoms with Gasteiger partial charge in [0, 0.05) is 0 Å². The molecule has 11 heavy (non-hydrogen) atoms. The summed E-state index contributed by atoms with van der Waals surface area (Å²) in [5.74, 6) is -0.0839. The van der Waals surface area contributed by atoms with Crippen molar-refractivity contribution in [3.05, 3.63) is 0 Å². The minimum absolute atomic E-state index is 0.0839. The monoisotopic (exact) mass is 158 g/mol. The number of rotatable bonds is 4. The van der Waals surface area contributed by atoms with Crippen molar-refractivity contribution in [1.82, 2.24) is 0 Å². The number of carbonyl (C=O) groups excluding carboxylic acids is 1. The summed E-state index contributed by atoms with van der Waals surface area (Å²) in [6, 6.07) is 0. The molecule has 2 nitrogen and oxygen atoms in total. The summed E-state index contributed by atoms with van der Waals surface area (Å²) in [5.41, 5.74) is 0.0895. The SMILES string of the molecule is CCOC(=O)CC(C)(C)CC. The van der Waals surface area contributed by atoms with E-state index in [0.717, 1.165) is 6.42 Å². The molecule has 0 unspecified atom stereocenters. The summed E-state index contributed by atoms with van der Waals surface area (Å²) >= 11 is 0. The van der Waals surface area contributed by atoms with Crippen LogP contribution in [0.4, 0.5) is 0 Å². The maximum Gasteiger partial charge on any atom is 0.306 e. The Morgan fingerprint density at radius 1 is 1.36 bits per heavy atom. The second kappa shape index (κ2) is 4.37. The van der Waals surface area contributed by atoms with Crippen molar-refractivity contribution in [2.24, 2.45) is 5.41 Å². The van der Waals surface area contributed by atoms with Gasteiger partial charge in [-0.3, -0.25) is 4.79 Å². The Morgan fingerprint density at radius 2 is 1.91 bits per heavy atom. The van der Waals surface area contributed by atoms with Crippen molar-refractivity contribution in [3.8, 4) is 0 Å². The second-order valence-corrected chi connectivity index (χ2v) is 3.50. The second-order valence-electron chi connectivity index (χ2n) is 3.50. The molecule has 0 bridgehead atoms. The lowest BCUT2D eigenvalue weighted by molar-refractivity contribution is -0.145. The third kappa shape index (κ3) is 4.82. The van der Waals surface area contributed by atoms with Crippen LogP contribution in [0.5, 0.6) is 0 Å². The molecule has 0 heterocycles. The molecule has 0 aromatic heterocycles. The van der Waals surface area contributed by atoms with Gasteiger partial charge in [-0.15, -0.1) is 0 Å². The first kappa shape index (κ1) is 10.5. The summed E-state index contributed by atoms with van der Waals surface area (Å²) in [6.07, 6.45) is 1.53. The van der Waals surface area contributed by atoms with E-state index in [-0.39, 0.29) is 11.4 Å². The Labute approximate surface area is 68.9 Å². The zero-order chi connectivity index (χ0) is 8.91. The predicted octanol–water partition coefficient (Wildman–Crippen LogP) is 2.38. The molecular weight excluding hydrogens is 140 g/mol. The summed E-state index contributed by atoms with van der Waals surface area (Å²) < 4.78 is 4.84. The quantitative estimate of drug-likeness (QED) is 0.587. The van der Waals surface area contributed by atoms with Crippen LogP contribution in [0.1, 0.15) is 40.5 Å². The van der Waals surface area contributed by atoms with E-state index in [1.807, 2.05) is 6.92 Å². The van der Waals surface area contributed by atoms with E-state index in [4.69, 9.17) is 4.74 Å². The van der Waals surface area contributed by atoms with Gasteiger partial charge in [0.25, 0.3) is 0 Å². The van der Waals surface area contributed by atoms with Crippen LogP contribution in [0.2, 0.25) is 0 Å². The van der Waals surface area contributed by atoms with E-state index in [1.165, 1.54) is 0 Å². The van der Waals surface area contributed by atoms with Gasteiger partial charge in [0.15, 0.2) is 0 Å². The Balaban J connectivity index is 3.74. The highest BCUT2D eigenvalue weighted by Gasteiger charge is 2.19. The maximum absolute atomic E-state index is 11.0. The average molecular weight is 158 g/mol. The van der Waals surface area contributed by atoms with Gasteiger partial charge < -0.3 is 4.74 Å². The summed E-state index contributed by atoms with van der Waals surface area (Å²) in [5, 5.41) is 0. The van der Waals surface area contributed by atoms with E-state index < -0.39 is 0 Å². The van der Waals surface area contributed by atoms with Gasteiger partial charge in [-0.1, -0.05) is 27.2 Å². The Kier molecular flexibility index (Phi) is 4.16. The summed E-state index contributed by atoms with van der Waals surface area (Å²) in [6.45, 7) is 8.54. The van der Waals surface area contributed by atoms with Crippen molar-refractivity contribution < 1.29 is 9.53 Å². The fourth-order valence-corrected chi connectivity index (χ4v) is 0.728. The highest BCUT2D eigenvalue weighted by molar-refractivity contribution is 5.70. The Bertz CT molecular complexity index is 128. The van der Waals surface area contributed by atoms with Gasteiger partial charge in [0.1, 0.15) is 0 Å². The molecule has 66 valence electrons. The first-order valence-electron chi connectivity index (χ1n) is 4.17.